The van der Waals surface area contributed by atoms with E-state index in [4.69, 9.17) is 0 Å². The number of fused-ring (bicyclic) bond motifs is 8. The Kier molecular flexibility index (Phi) is 6.16. The number of rotatable bonds is 4. The van der Waals surface area contributed by atoms with Gasteiger partial charge in [-0.1, -0.05) is 127 Å². The lowest BCUT2D eigenvalue weighted by atomic mass is 9.92. The SMILES string of the molecule is c1ccc(-c2cc(-c3ccccc3)cc(-c3ccccc3-n3c4cccc5c4c4c3cccc4n3c4ccccc4c4cc6c7ccccc7n5c6cc43)c2)cc1. The van der Waals surface area contributed by atoms with Crippen LogP contribution in [0.15, 0.2) is 200 Å². The molecule has 0 N–H and O–H groups in total. The van der Waals surface area contributed by atoms with Gasteiger partial charge in [0.05, 0.1) is 49.8 Å². The zero-order valence-corrected chi connectivity index (χ0v) is 30.9. The molecule has 57 heavy (non-hydrogen) atoms. The first kappa shape index (κ1) is 30.7. The zero-order chi connectivity index (χ0) is 37.2. The van der Waals surface area contributed by atoms with Crippen LogP contribution >= 0.6 is 0 Å². The van der Waals surface area contributed by atoms with Gasteiger partial charge < -0.3 is 13.4 Å². The van der Waals surface area contributed by atoms with Gasteiger partial charge in [-0.2, -0.15) is 0 Å². The van der Waals surface area contributed by atoms with Crippen LogP contribution in [0.1, 0.15) is 0 Å². The highest BCUT2D eigenvalue weighted by molar-refractivity contribution is 6.26. The summed E-state index contributed by atoms with van der Waals surface area (Å²) in [6, 6.07) is 73.9. The van der Waals surface area contributed by atoms with Gasteiger partial charge in [-0.3, -0.25) is 0 Å². The predicted octanol–water partition coefficient (Wildman–Crippen LogP) is 14.3. The van der Waals surface area contributed by atoms with Crippen LogP contribution in [0.4, 0.5) is 0 Å². The molecule has 4 aromatic heterocycles. The lowest BCUT2D eigenvalue weighted by Gasteiger charge is -2.16. The molecule has 264 valence electrons. The Hall–Kier alpha value is -7.62. The summed E-state index contributed by atoms with van der Waals surface area (Å²) in [7, 11) is 0. The predicted molar refractivity (Wildman–Crippen MR) is 240 cm³/mol. The molecule has 13 aromatic rings. The highest BCUT2D eigenvalue weighted by Gasteiger charge is 2.23. The maximum Gasteiger partial charge on any atom is 0.0563 e. The van der Waals surface area contributed by atoms with Gasteiger partial charge in [0.15, 0.2) is 0 Å². The Labute approximate surface area is 327 Å². The van der Waals surface area contributed by atoms with Crippen molar-refractivity contribution in [2.75, 3.05) is 0 Å². The summed E-state index contributed by atoms with van der Waals surface area (Å²) in [4.78, 5) is 0. The molecule has 0 saturated heterocycles. The first-order chi connectivity index (χ1) is 28.3. The van der Waals surface area contributed by atoms with E-state index in [1.165, 1.54) is 110 Å². The highest BCUT2D eigenvalue weighted by atomic mass is 15.0. The van der Waals surface area contributed by atoms with Gasteiger partial charge in [0.1, 0.15) is 0 Å². The minimum absolute atomic E-state index is 1.15. The molecule has 0 aliphatic heterocycles. The molecule has 3 heteroatoms. The first-order valence-corrected chi connectivity index (χ1v) is 19.7. The highest BCUT2D eigenvalue weighted by Crippen LogP contribution is 2.45. The minimum atomic E-state index is 1.15. The van der Waals surface area contributed by atoms with E-state index in [1.807, 2.05) is 0 Å². The van der Waals surface area contributed by atoms with E-state index in [0.29, 0.717) is 0 Å². The smallest absolute Gasteiger partial charge is 0.0563 e. The van der Waals surface area contributed by atoms with Crippen molar-refractivity contribution in [1.82, 2.24) is 13.4 Å². The van der Waals surface area contributed by atoms with Crippen LogP contribution in [-0.4, -0.2) is 13.4 Å². The number of nitrogens with zero attached hydrogens (tertiary/aromatic N) is 3. The molecule has 0 aliphatic rings. The molecule has 0 radical (unpaired) electrons. The van der Waals surface area contributed by atoms with Crippen molar-refractivity contribution in [1.29, 1.82) is 0 Å². The molecule has 0 unspecified atom stereocenters. The van der Waals surface area contributed by atoms with Gasteiger partial charge in [0.2, 0.25) is 0 Å². The van der Waals surface area contributed by atoms with E-state index in [2.05, 4.69) is 214 Å². The van der Waals surface area contributed by atoms with Crippen LogP contribution in [-0.2, 0) is 0 Å². The van der Waals surface area contributed by atoms with E-state index in [0.717, 1.165) is 5.69 Å². The normalized spacial score (nSPS) is 12.2. The second-order valence-corrected chi connectivity index (χ2v) is 15.3. The van der Waals surface area contributed by atoms with E-state index < -0.39 is 0 Å². The molecule has 0 atom stereocenters. The first-order valence-electron chi connectivity index (χ1n) is 19.7. The molecule has 0 saturated carbocycles. The molecule has 0 amide bonds. The summed E-state index contributed by atoms with van der Waals surface area (Å²) in [5.41, 5.74) is 17.9. The van der Waals surface area contributed by atoms with Gasteiger partial charge in [-0.15, -0.1) is 0 Å². The molecule has 13 rings (SSSR count). The van der Waals surface area contributed by atoms with Gasteiger partial charge in [-0.05, 0) is 101 Å². The van der Waals surface area contributed by atoms with Crippen molar-refractivity contribution < 1.29 is 0 Å². The number of hydrogen-bond donors (Lipinski definition) is 0. The van der Waals surface area contributed by atoms with Crippen LogP contribution in [0.5, 0.6) is 0 Å². The third-order valence-corrected chi connectivity index (χ3v) is 12.3. The van der Waals surface area contributed by atoms with Crippen molar-refractivity contribution in [3.05, 3.63) is 200 Å². The van der Waals surface area contributed by atoms with Gasteiger partial charge in [0.25, 0.3) is 0 Å². The third kappa shape index (κ3) is 4.20. The van der Waals surface area contributed by atoms with Crippen molar-refractivity contribution >= 4 is 76.5 Å². The van der Waals surface area contributed by atoms with Crippen LogP contribution < -0.4 is 0 Å². The van der Waals surface area contributed by atoms with Crippen LogP contribution in [0.2, 0.25) is 0 Å². The van der Waals surface area contributed by atoms with Gasteiger partial charge in [0, 0.05) is 37.9 Å². The summed E-state index contributed by atoms with van der Waals surface area (Å²) in [6.07, 6.45) is 0. The van der Waals surface area contributed by atoms with Crippen LogP contribution in [0.25, 0.3) is 116 Å². The molecule has 0 fully saturated rings. The third-order valence-electron chi connectivity index (χ3n) is 12.3. The fourth-order valence-electron chi connectivity index (χ4n) is 9.94. The average Bonchev–Trinajstić information content (AvgIpc) is 3.92. The van der Waals surface area contributed by atoms with Crippen LogP contribution in [0, 0.1) is 0 Å². The monoisotopic (exact) mass is 723 g/mol. The number of para-hydroxylation sites is 3. The fourth-order valence-corrected chi connectivity index (χ4v) is 9.94. The van der Waals surface area contributed by atoms with E-state index in [9.17, 15) is 0 Å². The molecule has 9 aromatic carbocycles. The van der Waals surface area contributed by atoms with Crippen molar-refractivity contribution in [3.63, 3.8) is 0 Å². The Bertz CT molecular complexity index is 3520. The van der Waals surface area contributed by atoms with E-state index in [-0.39, 0.29) is 0 Å². The summed E-state index contributed by atoms with van der Waals surface area (Å²) >= 11 is 0. The molecular formula is C54H33N3. The summed E-state index contributed by atoms with van der Waals surface area (Å²) in [5, 5.41) is 7.58. The Balaban J connectivity index is 1.21. The molecule has 2 bridgehead atoms. The molecule has 3 nitrogen and oxygen atoms in total. The molecule has 0 spiro atoms. The Morgan fingerprint density at radius 1 is 0.246 bits per heavy atom. The maximum atomic E-state index is 2.52. The molecule has 4 heterocycles. The lowest BCUT2D eigenvalue weighted by Crippen LogP contribution is -1.98. The second-order valence-electron chi connectivity index (χ2n) is 15.3. The maximum absolute atomic E-state index is 2.52. The van der Waals surface area contributed by atoms with Crippen molar-refractivity contribution in [3.8, 4) is 39.1 Å². The lowest BCUT2D eigenvalue weighted by molar-refractivity contribution is 1.18. The van der Waals surface area contributed by atoms with E-state index in [1.54, 1.807) is 0 Å². The topological polar surface area (TPSA) is 13.8 Å². The standard InChI is InChI=1S/C54H33N3/c1-3-15-34(16-4-1)36-29-37(35-17-5-2-6-18-35)31-38(30-36)39-19-7-10-22-44(39)55-47-25-13-27-49-53(47)54-48(55)26-14-28-50(54)57-46-24-12-9-21-41(46)43-32-42-40-20-8-11-23-45(40)56(49)51(42)33-52(43)57/h1-33H. The Morgan fingerprint density at radius 3 is 1.25 bits per heavy atom. The van der Waals surface area contributed by atoms with Crippen LogP contribution in [0.3, 0.4) is 0 Å². The van der Waals surface area contributed by atoms with Gasteiger partial charge in [-0.25, -0.2) is 0 Å². The zero-order valence-electron chi connectivity index (χ0n) is 30.9. The number of hydrogen-bond acceptors (Lipinski definition) is 0. The van der Waals surface area contributed by atoms with Crippen molar-refractivity contribution in [2.45, 2.75) is 0 Å². The van der Waals surface area contributed by atoms with Gasteiger partial charge >= 0.3 is 0 Å². The summed E-state index contributed by atoms with van der Waals surface area (Å²) in [6.45, 7) is 0. The average molecular weight is 724 g/mol. The number of aromatic nitrogens is 3. The summed E-state index contributed by atoms with van der Waals surface area (Å²) in [5.74, 6) is 0. The number of benzene rings is 9. The molecule has 0 aliphatic carbocycles. The summed E-state index contributed by atoms with van der Waals surface area (Å²) < 4.78 is 7.55. The molecular weight excluding hydrogens is 691 g/mol. The quantitative estimate of drug-likeness (QED) is 0.172. The van der Waals surface area contributed by atoms with E-state index >= 15 is 0 Å². The minimum Gasteiger partial charge on any atom is -0.308 e. The van der Waals surface area contributed by atoms with Crippen molar-refractivity contribution in [2.24, 2.45) is 0 Å². The Morgan fingerprint density at radius 2 is 0.684 bits per heavy atom. The largest absolute Gasteiger partial charge is 0.308 e. The second kappa shape index (κ2) is 11.5. The fraction of sp³-hybridized carbons (Fsp3) is 0.